The molecule has 1 heterocycles. The number of aryl methyl sites for hydroxylation is 1. The van der Waals surface area contributed by atoms with Gasteiger partial charge in [-0.05, 0) is 29.8 Å². The van der Waals surface area contributed by atoms with E-state index in [-0.39, 0.29) is 5.75 Å². The molecule has 0 atom stereocenters. The third-order valence-electron chi connectivity index (χ3n) is 3.34. The van der Waals surface area contributed by atoms with Crippen molar-refractivity contribution in [2.24, 2.45) is 0 Å². The summed E-state index contributed by atoms with van der Waals surface area (Å²) in [5.41, 5.74) is 0.986. The van der Waals surface area contributed by atoms with Crippen LogP contribution in [-0.4, -0.2) is 14.7 Å². The van der Waals surface area contributed by atoms with E-state index in [1.54, 1.807) is 18.6 Å². The van der Waals surface area contributed by atoms with Crippen LogP contribution in [0.15, 0.2) is 48.9 Å². The number of benzene rings is 2. The van der Waals surface area contributed by atoms with Crippen molar-refractivity contribution in [2.45, 2.75) is 20.1 Å². The molecule has 0 unspecified atom stereocenters. The highest BCUT2D eigenvalue weighted by atomic mass is 16.5. The number of phenolic OH excluding ortho intramolecular Hbond substituents is 1. The van der Waals surface area contributed by atoms with Gasteiger partial charge in [-0.2, -0.15) is 0 Å². The molecule has 0 radical (unpaired) electrons. The second-order valence-corrected chi connectivity index (χ2v) is 4.63. The molecule has 0 spiro atoms. The molecule has 102 valence electrons. The zero-order valence-electron chi connectivity index (χ0n) is 11.3. The van der Waals surface area contributed by atoms with Gasteiger partial charge in [0.25, 0.3) is 0 Å². The Morgan fingerprint density at radius 2 is 1.95 bits per heavy atom. The molecule has 1 N–H and O–H groups in total. The summed E-state index contributed by atoms with van der Waals surface area (Å²) in [6.07, 6.45) is 3.56. The van der Waals surface area contributed by atoms with Crippen molar-refractivity contribution in [1.82, 2.24) is 9.55 Å². The number of aromatic hydroxyl groups is 1. The molecule has 4 nitrogen and oxygen atoms in total. The van der Waals surface area contributed by atoms with Gasteiger partial charge in [-0.1, -0.05) is 24.3 Å². The summed E-state index contributed by atoms with van der Waals surface area (Å²) in [6.45, 7) is 3.29. The normalized spacial score (nSPS) is 10.8. The Bertz CT molecular complexity index is 734. The number of fused-ring (bicyclic) bond motifs is 1. The highest BCUT2D eigenvalue weighted by Crippen LogP contribution is 2.31. The molecule has 0 saturated carbocycles. The lowest BCUT2D eigenvalue weighted by molar-refractivity contribution is 0.280. The largest absolute Gasteiger partial charge is 0.504 e. The van der Waals surface area contributed by atoms with Crippen molar-refractivity contribution in [3.05, 3.63) is 54.6 Å². The van der Waals surface area contributed by atoms with Gasteiger partial charge in [0.05, 0.1) is 18.2 Å². The lowest BCUT2D eigenvalue weighted by atomic mass is 10.1. The third kappa shape index (κ3) is 2.32. The average molecular weight is 268 g/mol. The van der Waals surface area contributed by atoms with Crippen LogP contribution in [0.2, 0.25) is 0 Å². The number of aromatic nitrogens is 2. The number of ether oxygens (including phenoxy) is 1. The maximum atomic E-state index is 10.0. The van der Waals surface area contributed by atoms with Crippen LogP contribution in [0.4, 0.5) is 0 Å². The van der Waals surface area contributed by atoms with Crippen LogP contribution < -0.4 is 4.74 Å². The predicted molar refractivity (Wildman–Crippen MR) is 77.8 cm³/mol. The minimum atomic E-state index is 0.159. The summed E-state index contributed by atoms with van der Waals surface area (Å²) >= 11 is 0. The Balaban J connectivity index is 1.85. The summed E-state index contributed by atoms with van der Waals surface area (Å²) in [4.78, 5) is 4.10. The molecular formula is C16H16N2O2. The average Bonchev–Trinajstić information content (AvgIpc) is 2.92. The Morgan fingerprint density at radius 3 is 2.70 bits per heavy atom. The third-order valence-corrected chi connectivity index (χ3v) is 3.34. The van der Waals surface area contributed by atoms with Crippen LogP contribution in [0, 0.1) is 0 Å². The number of imidazole rings is 1. The van der Waals surface area contributed by atoms with E-state index in [9.17, 15) is 5.11 Å². The summed E-state index contributed by atoms with van der Waals surface area (Å²) in [7, 11) is 0. The van der Waals surface area contributed by atoms with Gasteiger partial charge in [-0.3, -0.25) is 0 Å². The molecule has 0 aliphatic carbocycles. The van der Waals surface area contributed by atoms with Crippen LogP contribution in [0.25, 0.3) is 10.8 Å². The van der Waals surface area contributed by atoms with Crippen molar-refractivity contribution in [1.29, 1.82) is 0 Å². The summed E-state index contributed by atoms with van der Waals surface area (Å²) in [6, 6.07) is 11.5. The number of hydrogen-bond acceptors (Lipinski definition) is 3. The number of nitrogens with zero attached hydrogens (tertiary/aromatic N) is 2. The number of hydrogen-bond donors (Lipinski definition) is 1. The highest BCUT2D eigenvalue weighted by molar-refractivity contribution is 5.85. The topological polar surface area (TPSA) is 47.3 Å². The van der Waals surface area contributed by atoms with Crippen molar-refractivity contribution in [3.63, 3.8) is 0 Å². The summed E-state index contributed by atoms with van der Waals surface area (Å²) in [5.74, 6) is 0.652. The molecule has 0 aliphatic heterocycles. The van der Waals surface area contributed by atoms with E-state index < -0.39 is 0 Å². The standard InChI is InChI=1S/C16H16N2O2/c1-2-18-11-17-9-14(18)10-20-16-8-13-6-4-3-5-12(13)7-15(16)19/h3-9,11,19H,2,10H2,1H3. The first-order valence-electron chi connectivity index (χ1n) is 6.61. The lowest BCUT2D eigenvalue weighted by Crippen LogP contribution is -2.03. The van der Waals surface area contributed by atoms with Gasteiger partial charge in [0, 0.05) is 6.54 Å². The molecule has 0 saturated heterocycles. The minimum Gasteiger partial charge on any atom is -0.504 e. The van der Waals surface area contributed by atoms with Gasteiger partial charge in [0.2, 0.25) is 0 Å². The quantitative estimate of drug-likeness (QED) is 0.789. The summed E-state index contributed by atoms with van der Waals surface area (Å²) in [5, 5.41) is 12.1. The van der Waals surface area contributed by atoms with Crippen molar-refractivity contribution >= 4 is 10.8 Å². The van der Waals surface area contributed by atoms with E-state index in [2.05, 4.69) is 11.9 Å². The fourth-order valence-electron chi connectivity index (χ4n) is 2.23. The molecule has 0 fully saturated rings. The Hall–Kier alpha value is -2.49. The number of phenols is 1. The maximum absolute atomic E-state index is 10.0. The molecule has 0 aliphatic rings. The highest BCUT2D eigenvalue weighted by Gasteiger charge is 2.07. The first-order chi connectivity index (χ1) is 9.78. The second kappa shape index (κ2) is 5.25. The summed E-state index contributed by atoms with van der Waals surface area (Å²) < 4.78 is 7.73. The van der Waals surface area contributed by atoms with Gasteiger partial charge in [-0.15, -0.1) is 0 Å². The molecule has 4 heteroatoms. The fourth-order valence-corrected chi connectivity index (χ4v) is 2.23. The van der Waals surface area contributed by atoms with Gasteiger partial charge in [0.15, 0.2) is 11.5 Å². The Labute approximate surface area is 117 Å². The van der Waals surface area contributed by atoms with Crippen molar-refractivity contribution in [2.75, 3.05) is 0 Å². The van der Waals surface area contributed by atoms with E-state index in [4.69, 9.17) is 4.74 Å². The van der Waals surface area contributed by atoms with Crippen LogP contribution in [0.3, 0.4) is 0 Å². The van der Waals surface area contributed by atoms with E-state index in [0.29, 0.717) is 12.4 Å². The monoisotopic (exact) mass is 268 g/mol. The zero-order valence-corrected chi connectivity index (χ0v) is 11.3. The fraction of sp³-hybridized carbons (Fsp3) is 0.188. The Morgan fingerprint density at radius 1 is 1.20 bits per heavy atom. The molecule has 0 amide bonds. The molecule has 0 bridgehead atoms. The first-order valence-corrected chi connectivity index (χ1v) is 6.61. The molecule has 2 aromatic carbocycles. The van der Waals surface area contributed by atoms with Gasteiger partial charge in [-0.25, -0.2) is 4.98 Å². The molecule has 3 aromatic rings. The zero-order chi connectivity index (χ0) is 13.9. The number of rotatable bonds is 4. The van der Waals surface area contributed by atoms with Gasteiger partial charge >= 0.3 is 0 Å². The van der Waals surface area contributed by atoms with Gasteiger partial charge < -0.3 is 14.4 Å². The smallest absolute Gasteiger partial charge is 0.162 e. The van der Waals surface area contributed by atoms with Gasteiger partial charge in [0.1, 0.15) is 6.61 Å². The van der Waals surface area contributed by atoms with Crippen LogP contribution >= 0.6 is 0 Å². The van der Waals surface area contributed by atoms with E-state index >= 15 is 0 Å². The Kier molecular flexibility index (Phi) is 3.29. The van der Waals surface area contributed by atoms with Crippen LogP contribution in [0.5, 0.6) is 11.5 Å². The first kappa shape index (κ1) is 12.5. The van der Waals surface area contributed by atoms with Crippen LogP contribution in [-0.2, 0) is 13.2 Å². The van der Waals surface area contributed by atoms with Crippen molar-refractivity contribution < 1.29 is 9.84 Å². The second-order valence-electron chi connectivity index (χ2n) is 4.63. The van der Waals surface area contributed by atoms with Crippen LogP contribution in [0.1, 0.15) is 12.6 Å². The lowest BCUT2D eigenvalue weighted by Gasteiger charge is -2.10. The predicted octanol–water partition coefficient (Wildman–Crippen LogP) is 3.34. The SMILES string of the molecule is CCn1cncc1COc1cc2ccccc2cc1O. The molecular weight excluding hydrogens is 252 g/mol. The van der Waals surface area contributed by atoms with E-state index in [1.807, 2.05) is 34.9 Å². The molecule has 3 rings (SSSR count). The van der Waals surface area contributed by atoms with E-state index in [0.717, 1.165) is 23.0 Å². The minimum absolute atomic E-state index is 0.159. The van der Waals surface area contributed by atoms with Crippen molar-refractivity contribution in [3.8, 4) is 11.5 Å². The maximum Gasteiger partial charge on any atom is 0.162 e. The van der Waals surface area contributed by atoms with E-state index in [1.165, 1.54) is 0 Å². The molecule has 20 heavy (non-hydrogen) atoms. The molecule has 1 aromatic heterocycles.